The van der Waals surface area contributed by atoms with Crippen molar-refractivity contribution in [3.05, 3.63) is 64.4 Å². The maximum Gasteiger partial charge on any atom is 0.261 e. The molecule has 0 saturated heterocycles. The molecule has 0 saturated carbocycles. The van der Waals surface area contributed by atoms with Crippen LogP contribution in [0, 0.1) is 6.92 Å². The highest BCUT2D eigenvalue weighted by molar-refractivity contribution is 8.00. The minimum atomic E-state index is -0.390. The number of carbonyl (C=O) groups excluding carboxylic acids is 1. The van der Waals surface area contributed by atoms with Crippen LogP contribution in [0.2, 0.25) is 0 Å². The third kappa shape index (κ3) is 3.58. The Morgan fingerprint density at radius 1 is 1.16 bits per heavy atom. The van der Waals surface area contributed by atoms with Gasteiger partial charge in [-0.15, -0.1) is 0 Å². The minimum absolute atomic E-state index is 0.111. The highest BCUT2D eigenvalue weighted by Gasteiger charge is 2.18. The number of rotatable bonds is 4. The number of fused-ring (bicyclic) bond motifs is 1. The van der Waals surface area contributed by atoms with Gasteiger partial charge in [-0.05, 0) is 37.6 Å². The van der Waals surface area contributed by atoms with Crippen LogP contribution in [0.1, 0.15) is 12.5 Å². The first kappa shape index (κ1) is 17.2. The van der Waals surface area contributed by atoms with Gasteiger partial charge < -0.3 is 5.32 Å². The highest BCUT2D eigenvalue weighted by atomic mass is 32.2. The molecule has 1 aromatic heterocycles. The average Bonchev–Trinajstić information content (AvgIpc) is 2.61. The Balaban J connectivity index is 1.83. The van der Waals surface area contributed by atoms with Crippen LogP contribution in [0.25, 0.3) is 10.9 Å². The normalized spacial score (nSPS) is 12.1. The summed E-state index contributed by atoms with van der Waals surface area (Å²) in [6, 6.07) is 14.9. The molecule has 1 amide bonds. The van der Waals surface area contributed by atoms with E-state index in [9.17, 15) is 9.59 Å². The van der Waals surface area contributed by atoms with Gasteiger partial charge in [-0.3, -0.25) is 14.2 Å². The minimum Gasteiger partial charge on any atom is -0.325 e. The van der Waals surface area contributed by atoms with Crippen LogP contribution >= 0.6 is 11.8 Å². The molecule has 1 N–H and O–H groups in total. The summed E-state index contributed by atoms with van der Waals surface area (Å²) in [7, 11) is 1.68. The van der Waals surface area contributed by atoms with E-state index in [1.807, 2.05) is 43.3 Å². The SMILES string of the molecule is Cc1ccccc1NC(=O)C(C)Sc1nc2ccccc2c(=O)n1C. The van der Waals surface area contributed by atoms with Crippen LogP contribution in [0.15, 0.2) is 58.5 Å². The highest BCUT2D eigenvalue weighted by Crippen LogP contribution is 2.23. The third-order valence-corrected chi connectivity index (χ3v) is 5.14. The molecule has 0 spiro atoms. The molecule has 0 aliphatic carbocycles. The fourth-order valence-corrected chi connectivity index (χ4v) is 3.34. The topological polar surface area (TPSA) is 64.0 Å². The number of carbonyl (C=O) groups is 1. The lowest BCUT2D eigenvalue weighted by Gasteiger charge is -2.15. The molecule has 0 fully saturated rings. The molecule has 3 aromatic rings. The fourth-order valence-electron chi connectivity index (χ4n) is 2.46. The molecule has 1 heterocycles. The van der Waals surface area contributed by atoms with Crippen molar-refractivity contribution in [3.63, 3.8) is 0 Å². The van der Waals surface area contributed by atoms with Gasteiger partial charge in [0.2, 0.25) is 5.91 Å². The molecule has 0 aliphatic heterocycles. The van der Waals surface area contributed by atoms with Gasteiger partial charge in [0.15, 0.2) is 5.16 Å². The van der Waals surface area contributed by atoms with Crippen LogP contribution in [0.3, 0.4) is 0 Å². The summed E-state index contributed by atoms with van der Waals surface area (Å²) >= 11 is 1.27. The number of aromatic nitrogens is 2. The van der Waals surface area contributed by atoms with Crippen LogP contribution in [0.4, 0.5) is 5.69 Å². The number of hydrogen-bond acceptors (Lipinski definition) is 4. The van der Waals surface area contributed by atoms with E-state index in [1.165, 1.54) is 16.3 Å². The number of para-hydroxylation sites is 2. The van der Waals surface area contributed by atoms with E-state index in [1.54, 1.807) is 26.1 Å². The first-order valence-electron chi connectivity index (χ1n) is 7.96. The van der Waals surface area contributed by atoms with Gasteiger partial charge in [0, 0.05) is 12.7 Å². The summed E-state index contributed by atoms with van der Waals surface area (Å²) in [5.41, 5.74) is 2.32. The molecule has 1 atom stereocenters. The maximum absolute atomic E-state index is 12.5. The summed E-state index contributed by atoms with van der Waals surface area (Å²) in [6.07, 6.45) is 0. The van der Waals surface area contributed by atoms with Crippen LogP contribution in [-0.2, 0) is 11.8 Å². The number of hydrogen-bond donors (Lipinski definition) is 1. The molecule has 5 nitrogen and oxygen atoms in total. The number of nitrogens with one attached hydrogen (secondary N) is 1. The van der Waals surface area contributed by atoms with E-state index in [0.717, 1.165) is 11.3 Å². The quantitative estimate of drug-likeness (QED) is 0.577. The van der Waals surface area contributed by atoms with Crippen molar-refractivity contribution in [2.75, 3.05) is 5.32 Å². The van der Waals surface area contributed by atoms with Gasteiger partial charge in [-0.2, -0.15) is 0 Å². The molecule has 6 heteroatoms. The summed E-state index contributed by atoms with van der Waals surface area (Å²) in [5, 5.41) is 3.64. The summed E-state index contributed by atoms with van der Waals surface area (Å²) < 4.78 is 1.49. The standard InChI is InChI=1S/C19H19N3O2S/c1-12-8-4-6-10-15(12)20-17(23)13(2)25-19-21-16-11-7-5-9-14(16)18(24)22(19)3/h4-11,13H,1-3H3,(H,20,23). The number of nitrogens with zero attached hydrogens (tertiary/aromatic N) is 2. The Morgan fingerprint density at radius 3 is 2.60 bits per heavy atom. The zero-order valence-corrected chi connectivity index (χ0v) is 15.1. The third-order valence-electron chi connectivity index (χ3n) is 4.00. The number of benzene rings is 2. The zero-order chi connectivity index (χ0) is 18.0. The number of amides is 1. The molecule has 3 rings (SSSR count). The Hall–Kier alpha value is -2.60. The van der Waals surface area contributed by atoms with E-state index in [4.69, 9.17) is 0 Å². The molecule has 2 aromatic carbocycles. The molecule has 0 radical (unpaired) electrons. The Kier molecular flexibility index (Phi) is 4.90. The lowest BCUT2D eigenvalue weighted by molar-refractivity contribution is -0.115. The van der Waals surface area contributed by atoms with Crippen LogP contribution in [0.5, 0.6) is 0 Å². The molecular weight excluding hydrogens is 334 g/mol. The summed E-state index contributed by atoms with van der Waals surface area (Å²) in [5.74, 6) is -0.123. The number of aryl methyl sites for hydroxylation is 1. The van der Waals surface area contributed by atoms with Gasteiger partial charge in [0.1, 0.15) is 0 Å². The zero-order valence-electron chi connectivity index (χ0n) is 14.3. The molecule has 0 bridgehead atoms. The molecule has 25 heavy (non-hydrogen) atoms. The van der Waals surface area contributed by atoms with Gasteiger partial charge in [-0.25, -0.2) is 4.98 Å². The monoisotopic (exact) mass is 353 g/mol. The van der Waals surface area contributed by atoms with Gasteiger partial charge >= 0.3 is 0 Å². The Morgan fingerprint density at radius 2 is 1.84 bits per heavy atom. The van der Waals surface area contributed by atoms with E-state index in [-0.39, 0.29) is 16.7 Å². The molecule has 128 valence electrons. The van der Waals surface area contributed by atoms with E-state index < -0.39 is 0 Å². The van der Waals surface area contributed by atoms with Crippen LogP contribution in [-0.4, -0.2) is 20.7 Å². The van der Waals surface area contributed by atoms with Crippen molar-refractivity contribution in [1.82, 2.24) is 9.55 Å². The van der Waals surface area contributed by atoms with Crippen molar-refractivity contribution in [1.29, 1.82) is 0 Å². The molecule has 0 aliphatic rings. The Labute approximate surface area is 150 Å². The predicted octanol–water partition coefficient (Wildman–Crippen LogP) is 3.36. The van der Waals surface area contributed by atoms with E-state index in [0.29, 0.717) is 16.1 Å². The molecular formula is C19H19N3O2S. The lowest BCUT2D eigenvalue weighted by atomic mass is 10.2. The molecule has 1 unspecified atom stereocenters. The van der Waals surface area contributed by atoms with Crippen molar-refractivity contribution in [2.45, 2.75) is 24.3 Å². The average molecular weight is 353 g/mol. The second-order valence-corrected chi connectivity index (χ2v) is 7.15. The second kappa shape index (κ2) is 7.11. The van der Waals surface area contributed by atoms with Gasteiger partial charge in [-0.1, -0.05) is 42.1 Å². The Bertz CT molecular complexity index is 997. The summed E-state index contributed by atoms with van der Waals surface area (Å²) in [4.78, 5) is 29.5. The number of anilines is 1. The van der Waals surface area contributed by atoms with Crippen LogP contribution < -0.4 is 10.9 Å². The number of thioether (sulfide) groups is 1. The fraction of sp³-hybridized carbons (Fsp3) is 0.211. The van der Waals surface area contributed by atoms with E-state index >= 15 is 0 Å². The lowest BCUT2D eigenvalue weighted by Crippen LogP contribution is -2.25. The second-order valence-electron chi connectivity index (χ2n) is 5.84. The first-order valence-corrected chi connectivity index (χ1v) is 8.84. The van der Waals surface area contributed by atoms with Crippen molar-refractivity contribution < 1.29 is 4.79 Å². The first-order chi connectivity index (χ1) is 12.0. The smallest absolute Gasteiger partial charge is 0.261 e. The summed E-state index contributed by atoms with van der Waals surface area (Å²) in [6.45, 7) is 3.75. The van der Waals surface area contributed by atoms with Gasteiger partial charge in [0.05, 0.1) is 16.2 Å². The maximum atomic E-state index is 12.5. The largest absolute Gasteiger partial charge is 0.325 e. The van der Waals surface area contributed by atoms with Gasteiger partial charge in [0.25, 0.3) is 5.56 Å². The van der Waals surface area contributed by atoms with Crippen molar-refractivity contribution in [2.24, 2.45) is 7.05 Å². The van der Waals surface area contributed by atoms with Crippen molar-refractivity contribution >= 4 is 34.3 Å². The van der Waals surface area contributed by atoms with E-state index in [2.05, 4.69) is 10.3 Å². The predicted molar refractivity (Wildman–Crippen MR) is 102 cm³/mol. The van der Waals surface area contributed by atoms with Crippen molar-refractivity contribution in [3.8, 4) is 0 Å².